The van der Waals surface area contributed by atoms with E-state index < -0.39 is 0 Å². The van der Waals surface area contributed by atoms with Crippen LogP contribution in [0.5, 0.6) is 0 Å². The average molecular weight is 338 g/mol. The molecule has 6 heteroatoms. The molecule has 0 saturated heterocycles. The summed E-state index contributed by atoms with van der Waals surface area (Å²) in [6.07, 6.45) is 2.47. The summed E-state index contributed by atoms with van der Waals surface area (Å²) in [7, 11) is 0. The Balaban J connectivity index is 1.51. The number of fused-ring (bicyclic) bond motifs is 2. The lowest BCUT2D eigenvalue weighted by molar-refractivity contribution is -0.134. The number of rotatable bonds is 4. The maximum atomic E-state index is 12.8. The van der Waals surface area contributed by atoms with Gasteiger partial charge in [-0.15, -0.1) is 0 Å². The van der Waals surface area contributed by atoms with Gasteiger partial charge in [-0.2, -0.15) is 0 Å². The molecule has 1 aliphatic heterocycles. The molecule has 1 aliphatic rings. The van der Waals surface area contributed by atoms with E-state index in [4.69, 9.17) is 0 Å². The molecule has 130 valence electrons. The molecule has 0 radical (unpaired) electrons. The van der Waals surface area contributed by atoms with Crippen LogP contribution in [0.2, 0.25) is 0 Å². The molecular weight excluding hydrogens is 316 g/mol. The second-order valence-corrected chi connectivity index (χ2v) is 6.47. The van der Waals surface area contributed by atoms with Gasteiger partial charge in [0.2, 0.25) is 5.91 Å². The Kier molecular flexibility index (Phi) is 4.05. The molecule has 2 aromatic heterocycles. The van der Waals surface area contributed by atoms with Crippen LogP contribution in [0.1, 0.15) is 30.9 Å². The van der Waals surface area contributed by atoms with Gasteiger partial charge in [-0.05, 0) is 31.2 Å². The van der Waals surface area contributed by atoms with Gasteiger partial charge in [0, 0.05) is 37.9 Å². The first-order valence-corrected chi connectivity index (χ1v) is 8.68. The Morgan fingerprint density at radius 1 is 1.24 bits per heavy atom. The Hall–Kier alpha value is -2.60. The highest BCUT2D eigenvalue weighted by Crippen LogP contribution is 2.26. The number of aliphatic hydroxyl groups is 1. The van der Waals surface area contributed by atoms with E-state index in [1.807, 2.05) is 39.8 Å². The molecule has 0 bridgehead atoms. The van der Waals surface area contributed by atoms with Gasteiger partial charge in [0.25, 0.3) is 0 Å². The van der Waals surface area contributed by atoms with E-state index in [9.17, 15) is 9.90 Å². The van der Waals surface area contributed by atoms with Crippen molar-refractivity contribution in [3.05, 3.63) is 54.1 Å². The first-order valence-electron chi connectivity index (χ1n) is 8.68. The summed E-state index contributed by atoms with van der Waals surface area (Å²) in [5.74, 6) is 0.746. The van der Waals surface area contributed by atoms with Gasteiger partial charge < -0.3 is 19.1 Å². The number of hydrogen-bond donors (Lipinski definition) is 1. The van der Waals surface area contributed by atoms with Gasteiger partial charge in [0.05, 0.1) is 17.1 Å². The maximum absolute atomic E-state index is 12.8. The molecule has 0 unspecified atom stereocenters. The van der Waals surface area contributed by atoms with Gasteiger partial charge in [-0.1, -0.05) is 12.1 Å². The zero-order valence-electron chi connectivity index (χ0n) is 14.3. The predicted octanol–water partition coefficient (Wildman–Crippen LogP) is 2.32. The van der Waals surface area contributed by atoms with Crippen molar-refractivity contribution in [3.8, 4) is 0 Å². The molecule has 1 atom stereocenters. The summed E-state index contributed by atoms with van der Waals surface area (Å²) in [4.78, 5) is 19.2. The fraction of sp³-hybridized carbons (Fsp3) is 0.368. The third-order valence-corrected chi connectivity index (χ3v) is 5.09. The molecule has 1 amide bonds. The number of aromatic nitrogens is 3. The molecule has 25 heavy (non-hydrogen) atoms. The Morgan fingerprint density at radius 2 is 2.08 bits per heavy atom. The maximum Gasteiger partial charge on any atom is 0.224 e. The molecule has 3 aromatic rings. The molecule has 0 aliphatic carbocycles. The van der Waals surface area contributed by atoms with Crippen LogP contribution in [0, 0.1) is 0 Å². The van der Waals surface area contributed by atoms with Gasteiger partial charge >= 0.3 is 0 Å². The zero-order valence-corrected chi connectivity index (χ0v) is 14.3. The number of para-hydroxylation sites is 2. The first-order chi connectivity index (χ1) is 12.2. The van der Waals surface area contributed by atoms with Gasteiger partial charge in [0.1, 0.15) is 12.4 Å². The van der Waals surface area contributed by atoms with Crippen molar-refractivity contribution in [2.24, 2.45) is 0 Å². The summed E-state index contributed by atoms with van der Waals surface area (Å²) in [5, 5.41) is 9.58. The number of carbonyl (C=O) groups excluding carboxylic acids is 1. The Bertz CT molecular complexity index is 911. The van der Waals surface area contributed by atoms with E-state index in [-0.39, 0.29) is 18.6 Å². The van der Waals surface area contributed by atoms with Crippen LogP contribution in [0.4, 0.5) is 0 Å². The lowest BCUT2D eigenvalue weighted by Crippen LogP contribution is -2.41. The third kappa shape index (κ3) is 2.72. The fourth-order valence-corrected chi connectivity index (χ4v) is 3.77. The summed E-state index contributed by atoms with van der Waals surface area (Å²) in [5.41, 5.74) is 2.99. The second kappa shape index (κ2) is 6.37. The SMILES string of the molecule is C[C@@H]1c2cccn2CCN1C(=O)CCn1c(CO)nc2ccccc21. The highest BCUT2D eigenvalue weighted by Gasteiger charge is 2.27. The van der Waals surface area contributed by atoms with Gasteiger partial charge in [-0.3, -0.25) is 4.79 Å². The quantitative estimate of drug-likeness (QED) is 0.794. The predicted molar refractivity (Wildman–Crippen MR) is 94.8 cm³/mol. The van der Waals surface area contributed by atoms with Gasteiger partial charge in [0.15, 0.2) is 0 Å². The number of benzene rings is 1. The average Bonchev–Trinajstić information content (AvgIpc) is 3.24. The molecule has 0 saturated carbocycles. The van der Waals surface area contributed by atoms with Crippen molar-refractivity contribution in [3.63, 3.8) is 0 Å². The minimum atomic E-state index is -0.128. The van der Waals surface area contributed by atoms with Crippen LogP contribution in [-0.2, 0) is 24.5 Å². The van der Waals surface area contributed by atoms with E-state index in [0.29, 0.717) is 18.8 Å². The third-order valence-electron chi connectivity index (χ3n) is 5.09. The van der Waals surface area contributed by atoms with E-state index in [1.54, 1.807) is 0 Å². The van der Waals surface area contributed by atoms with Crippen LogP contribution in [0.3, 0.4) is 0 Å². The number of carbonyl (C=O) groups is 1. The lowest BCUT2D eigenvalue weighted by atomic mass is 10.1. The number of aliphatic hydroxyl groups excluding tert-OH is 1. The first kappa shape index (κ1) is 15.9. The smallest absolute Gasteiger partial charge is 0.224 e. The summed E-state index contributed by atoms with van der Waals surface area (Å²) in [6, 6.07) is 12.0. The van der Waals surface area contributed by atoms with E-state index in [2.05, 4.69) is 28.7 Å². The van der Waals surface area contributed by atoms with Crippen molar-refractivity contribution < 1.29 is 9.90 Å². The highest BCUT2D eigenvalue weighted by molar-refractivity contribution is 5.78. The van der Waals surface area contributed by atoms with E-state index in [0.717, 1.165) is 24.1 Å². The molecule has 1 aromatic carbocycles. The largest absolute Gasteiger partial charge is 0.388 e. The van der Waals surface area contributed by atoms with Gasteiger partial charge in [-0.25, -0.2) is 4.98 Å². The minimum Gasteiger partial charge on any atom is -0.388 e. The molecule has 3 heterocycles. The number of aryl methyl sites for hydroxylation is 1. The number of amides is 1. The van der Waals surface area contributed by atoms with Crippen molar-refractivity contribution >= 4 is 16.9 Å². The fourth-order valence-electron chi connectivity index (χ4n) is 3.77. The minimum absolute atomic E-state index is 0.0908. The monoisotopic (exact) mass is 338 g/mol. The summed E-state index contributed by atoms with van der Waals surface area (Å²) >= 11 is 0. The van der Waals surface area contributed by atoms with Crippen LogP contribution >= 0.6 is 0 Å². The van der Waals surface area contributed by atoms with Crippen LogP contribution in [0.15, 0.2) is 42.6 Å². The summed E-state index contributed by atoms with van der Waals surface area (Å²) in [6.45, 7) is 4.05. The van der Waals surface area contributed by atoms with Crippen LogP contribution in [0.25, 0.3) is 11.0 Å². The van der Waals surface area contributed by atoms with Crippen LogP contribution in [-0.4, -0.2) is 36.6 Å². The molecule has 0 spiro atoms. The number of nitrogens with zero attached hydrogens (tertiary/aromatic N) is 4. The van der Waals surface area contributed by atoms with E-state index in [1.165, 1.54) is 5.69 Å². The molecule has 6 nitrogen and oxygen atoms in total. The zero-order chi connectivity index (χ0) is 17.4. The van der Waals surface area contributed by atoms with Crippen molar-refractivity contribution in [2.75, 3.05) is 6.54 Å². The molecular formula is C19H22N4O2. The Morgan fingerprint density at radius 3 is 2.92 bits per heavy atom. The highest BCUT2D eigenvalue weighted by atomic mass is 16.3. The van der Waals surface area contributed by atoms with Crippen LogP contribution < -0.4 is 0 Å². The summed E-state index contributed by atoms with van der Waals surface area (Å²) < 4.78 is 4.16. The van der Waals surface area contributed by atoms with Crippen molar-refractivity contribution in [1.82, 2.24) is 19.0 Å². The molecule has 1 N–H and O–H groups in total. The molecule has 4 rings (SSSR count). The van der Waals surface area contributed by atoms with Crippen molar-refractivity contribution in [2.45, 2.75) is 39.1 Å². The van der Waals surface area contributed by atoms with Crippen molar-refractivity contribution in [1.29, 1.82) is 0 Å². The number of imidazole rings is 1. The standard InChI is InChI=1S/C19H22N4O2/c1-14-16-7-4-9-21(16)11-12-22(14)19(25)8-10-23-17-6-3-2-5-15(17)20-18(23)13-24/h2-7,9,14,24H,8,10-13H2,1H3/t14-/m1/s1. The number of hydrogen-bond acceptors (Lipinski definition) is 3. The van der Waals surface area contributed by atoms with E-state index >= 15 is 0 Å². The lowest BCUT2D eigenvalue weighted by Gasteiger charge is -2.35. The Labute approximate surface area is 146 Å². The normalized spacial score (nSPS) is 17.0. The second-order valence-electron chi connectivity index (χ2n) is 6.47. The molecule has 0 fully saturated rings. The topological polar surface area (TPSA) is 63.3 Å².